The lowest BCUT2D eigenvalue weighted by Gasteiger charge is -2.35. The molecule has 0 aromatic heterocycles. The highest BCUT2D eigenvalue weighted by atomic mass is 16.5. The van der Waals surface area contributed by atoms with Gasteiger partial charge in [-0.2, -0.15) is 5.26 Å². The number of hydrogen-bond acceptors (Lipinski definition) is 3. The fraction of sp³-hybridized carbons (Fsp3) is 0.333. The van der Waals surface area contributed by atoms with Gasteiger partial charge in [0.05, 0.1) is 11.6 Å². The minimum Gasteiger partial charge on any atom is -0.485 e. The summed E-state index contributed by atoms with van der Waals surface area (Å²) in [5.41, 5.74) is -0.247. The quantitative estimate of drug-likeness (QED) is 0.646. The van der Waals surface area contributed by atoms with Crippen molar-refractivity contribution < 1.29 is 9.53 Å². The molecule has 0 bridgehead atoms. The standard InChI is InChI=1S/C12H11NO2/c1-12(2)9(7-13)11(14)8-5-3-4-6-10(8)15-12/h3-6,9H,1-2H3/t9-/m0/s1. The molecule has 0 unspecified atom stereocenters. The number of carbonyl (C=O) groups excluding carboxylic acids is 1. The van der Waals surface area contributed by atoms with Gasteiger partial charge < -0.3 is 4.74 Å². The van der Waals surface area contributed by atoms with Crippen LogP contribution in [0.2, 0.25) is 0 Å². The second kappa shape index (κ2) is 3.09. The maximum Gasteiger partial charge on any atom is 0.187 e. The summed E-state index contributed by atoms with van der Waals surface area (Å²) >= 11 is 0. The van der Waals surface area contributed by atoms with Crippen LogP contribution in [0.5, 0.6) is 5.75 Å². The van der Waals surface area contributed by atoms with E-state index in [4.69, 9.17) is 10.00 Å². The van der Waals surface area contributed by atoms with E-state index in [-0.39, 0.29) is 5.78 Å². The van der Waals surface area contributed by atoms with Crippen molar-refractivity contribution in [3.05, 3.63) is 29.8 Å². The van der Waals surface area contributed by atoms with Crippen LogP contribution in [0.3, 0.4) is 0 Å². The molecule has 1 aliphatic heterocycles. The Balaban J connectivity index is 2.57. The van der Waals surface area contributed by atoms with Crippen molar-refractivity contribution in [2.75, 3.05) is 0 Å². The van der Waals surface area contributed by atoms with Gasteiger partial charge in [0.2, 0.25) is 0 Å². The van der Waals surface area contributed by atoms with E-state index in [9.17, 15) is 4.79 Å². The van der Waals surface area contributed by atoms with Crippen LogP contribution in [-0.4, -0.2) is 11.4 Å². The van der Waals surface area contributed by atoms with E-state index in [1.54, 1.807) is 32.0 Å². The molecule has 0 saturated heterocycles. The number of rotatable bonds is 0. The lowest BCUT2D eigenvalue weighted by atomic mass is 9.82. The average molecular weight is 201 g/mol. The van der Waals surface area contributed by atoms with Crippen LogP contribution in [0.15, 0.2) is 24.3 Å². The number of nitriles is 1. The molecule has 2 rings (SSSR count). The number of ether oxygens (including phenoxy) is 1. The average Bonchev–Trinajstić information content (AvgIpc) is 2.17. The van der Waals surface area contributed by atoms with Crippen LogP contribution in [0.4, 0.5) is 0 Å². The second-order valence-electron chi connectivity index (χ2n) is 4.13. The van der Waals surface area contributed by atoms with Crippen LogP contribution in [0.25, 0.3) is 0 Å². The molecule has 0 amide bonds. The second-order valence-corrected chi connectivity index (χ2v) is 4.13. The Kier molecular flexibility index (Phi) is 2.01. The Bertz CT molecular complexity index is 457. The van der Waals surface area contributed by atoms with Crippen LogP contribution in [-0.2, 0) is 0 Å². The van der Waals surface area contributed by atoms with Crippen molar-refractivity contribution >= 4 is 5.78 Å². The van der Waals surface area contributed by atoms with Gasteiger partial charge >= 0.3 is 0 Å². The molecule has 0 radical (unpaired) electrons. The van der Waals surface area contributed by atoms with Gasteiger partial charge in [-0.25, -0.2) is 0 Å². The summed E-state index contributed by atoms with van der Waals surface area (Å²) in [5, 5.41) is 8.97. The van der Waals surface area contributed by atoms with Crippen LogP contribution in [0, 0.1) is 17.2 Å². The minimum absolute atomic E-state index is 0.149. The van der Waals surface area contributed by atoms with Crippen molar-refractivity contribution in [3.8, 4) is 11.8 Å². The lowest BCUT2D eigenvalue weighted by molar-refractivity contribution is 0.0422. The first-order valence-electron chi connectivity index (χ1n) is 4.78. The van der Waals surface area contributed by atoms with E-state index in [0.717, 1.165) is 0 Å². The van der Waals surface area contributed by atoms with Crippen LogP contribution >= 0.6 is 0 Å². The number of ketones is 1. The smallest absolute Gasteiger partial charge is 0.187 e. The Morgan fingerprint density at radius 2 is 2.07 bits per heavy atom. The molecule has 1 aliphatic rings. The van der Waals surface area contributed by atoms with Crippen molar-refractivity contribution in [1.82, 2.24) is 0 Å². The van der Waals surface area contributed by atoms with E-state index in [0.29, 0.717) is 11.3 Å². The lowest BCUT2D eigenvalue weighted by Crippen LogP contribution is -2.45. The summed E-state index contributed by atoms with van der Waals surface area (Å²) in [7, 11) is 0. The Morgan fingerprint density at radius 3 is 2.73 bits per heavy atom. The van der Waals surface area contributed by atoms with Gasteiger partial charge in [0.15, 0.2) is 5.78 Å². The Morgan fingerprint density at radius 1 is 1.40 bits per heavy atom. The molecule has 1 atom stereocenters. The summed E-state index contributed by atoms with van der Waals surface area (Å²) in [4.78, 5) is 12.0. The predicted octanol–water partition coefficient (Wildman–Crippen LogP) is 2.18. The zero-order chi connectivity index (χ0) is 11.1. The van der Waals surface area contributed by atoms with Gasteiger partial charge in [-0.3, -0.25) is 4.79 Å². The molecular formula is C12H11NO2. The first-order chi connectivity index (χ1) is 7.06. The third-order valence-corrected chi connectivity index (χ3v) is 2.61. The number of fused-ring (bicyclic) bond motifs is 1. The highest BCUT2D eigenvalue weighted by Gasteiger charge is 2.43. The van der Waals surface area contributed by atoms with E-state index < -0.39 is 11.5 Å². The van der Waals surface area contributed by atoms with Gasteiger partial charge in [0.25, 0.3) is 0 Å². The zero-order valence-corrected chi connectivity index (χ0v) is 8.65. The van der Waals surface area contributed by atoms with Gasteiger partial charge in [-0.1, -0.05) is 12.1 Å². The summed E-state index contributed by atoms with van der Waals surface area (Å²) in [5.74, 6) is -0.309. The maximum atomic E-state index is 12.0. The van der Waals surface area contributed by atoms with E-state index >= 15 is 0 Å². The molecule has 0 aliphatic carbocycles. The van der Waals surface area contributed by atoms with Crippen molar-refractivity contribution in [3.63, 3.8) is 0 Å². The number of nitrogens with zero attached hydrogens (tertiary/aromatic N) is 1. The fourth-order valence-electron chi connectivity index (χ4n) is 1.79. The SMILES string of the molecule is CC1(C)Oc2ccccc2C(=O)[C@@H]1C#N. The molecule has 1 aromatic rings. The number of para-hydroxylation sites is 1. The topological polar surface area (TPSA) is 50.1 Å². The monoisotopic (exact) mass is 201 g/mol. The normalized spacial score (nSPS) is 22.5. The summed E-state index contributed by atoms with van der Waals surface area (Å²) in [6.07, 6.45) is 0. The third kappa shape index (κ3) is 1.39. The first kappa shape index (κ1) is 9.72. The number of Topliss-reactive ketones (excluding diaryl/α,β-unsaturated/α-hetero) is 1. The molecule has 0 saturated carbocycles. The molecule has 1 heterocycles. The maximum absolute atomic E-state index is 12.0. The van der Waals surface area contributed by atoms with Crippen LogP contribution in [0.1, 0.15) is 24.2 Å². The van der Waals surface area contributed by atoms with Crippen LogP contribution < -0.4 is 4.74 Å². The molecule has 15 heavy (non-hydrogen) atoms. The first-order valence-corrected chi connectivity index (χ1v) is 4.78. The highest BCUT2D eigenvalue weighted by molar-refractivity contribution is 6.03. The summed E-state index contributed by atoms with van der Waals surface area (Å²) in [6, 6.07) is 9.04. The Labute approximate surface area is 88.3 Å². The van der Waals surface area contributed by atoms with Crippen molar-refractivity contribution in [2.24, 2.45) is 5.92 Å². The third-order valence-electron chi connectivity index (χ3n) is 2.61. The number of carbonyl (C=O) groups is 1. The summed E-state index contributed by atoms with van der Waals surface area (Å²) < 4.78 is 5.65. The van der Waals surface area contributed by atoms with Gasteiger partial charge in [0.1, 0.15) is 17.3 Å². The highest BCUT2D eigenvalue weighted by Crippen LogP contribution is 2.36. The van der Waals surface area contributed by atoms with Gasteiger partial charge in [0, 0.05) is 0 Å². The van der Waals surface area contributed by atoms with E-state index in [1.165, 1.54) is 0 Å². The molecule has 0 N–H and O–H groups in total. The predicted molar refractivity (Wildman–Crippen MR) is 54.6 cm³/mol. The molecule has 3 nitrogen and oxygen atoms in total. The molecule has 76 valence electrons. The fourth-order valence-corrected chi connectivity index (χ4v) is 1.79. The van der Waals surface area contributed by atoms with Crippen molar-refractivity contribution in [1.29, 1.82) is 5.26 Å². The molecule has 1 aromatic carbocycles. The molecule has 3 heteroatoms. The van der Waals surface area contributed by atoms with Gasteiger partial charge in [-0.15, -0.1) is 0 Å². The summed E-state index contributed by atoms with van der Waals surface area (Å²) in [6.45, 7) is 3.52. The molecular weight excluding hydrogens is 190 g/mol. The molecule has 0 fully saturated rings. The van der Waals surface area contributed by atoms with E-state index in [2.05, 4.69) is 0 Å². The number of hydrogen-bond donors (Lipinski definition) is 0. The number of benzene rings is 1. The largest absolute Gasteiger partial charge is 0.485 e. The van der Waals surface area contributed by atoms with Crippen molar-refractivity contribution in [2.45, 2.75) is 19.4 Å². The van der Waals surface area contributed by atoms with E-state index in [1.807, 2.05) is 12.1 Å². The molecule has 0 spiro atoms. The Hall–Kier alpha value is -1.82. The minimum atomic E-state index is -0.750. The zero-order valence-electron chi connectivity index (χ0n) is 8.65. The van der Waals surface area contributed by atoms with Gasteiger partial charge in [-0.05, 0) is 26.0 Å².